The number of phenolic OH excluding ortho intramolecular Hbond substituents is 2. The normalized spacial score (nSPS) is 24.4. The van der Waals surface area contributed by atoms with Gasteiger partial charge in [-0.05, 0) is 18.2 Å². The van der Waals surface area contributed by atoms with Crippen molar-refractivity contribution in [1.29, 1.82) is 0 Å². The number of carbonyl (C=O) groups excluding carboxylic acids is 1. The molecule has 0 bridgehead atoms. The molecular formula is C16H14O9. The highest BCUT2D eigenvalue weighted by molar-refractivity contribution is 6.08. The molecule has 9 heteroatoms. The minimum absolute atomic E-state index is 0.00229. The number of ether oxygens (including phenoxy) is 2. The number of aliphatic hydroxyl groups excluding tert-OH is 2. The van der Waals surface area contributed by atoms with Gasteiger partial charge >= 0.3 is 0 Å². The van der Waals surface area contributed by atoms with Crippen LogP contribution in [0.2, 0.25) is 0 Å². The molecule has 25 heavy (non-hydrogen) atoms. The third-order valence-electron chi connectivity index (χ3n) is 3.81. The Labute approximate surface area is 140 Å². The highest BCUT2D eigenvalue weighted by atomic mass is 16.5. The molecule has 1 atom stereocenters. The molecule has 1 aliphatic heterocycles. The van der Waals surface area contributed by atoms with Crippen LogP contribution in [0.15, 0.2) is 41.4 Å². The van der Waals surface area contributed by atoms with Gasteiger partial charge in [-0.1, -0.05) is 0 Å². The molecule has 0 radical (unpaired) electrons. The standard InChI is InChI=1S/C16H14O9/c1-24-15-7(17)5-8-10(12(15)20)11(19)13(21)14(25-8)6-2-3-16(22,23)9(18)4-6/h2-5,13,17-18,20-23H,1H3. The number of carbonyl (C=O) groups is 1. The molecule has 1 aromatic carbocycles. The monoisotopic (exact) mass is 350 g/mol. The molecule has 1 aromatic rings. The number of ketones is 1. The molecule has 0 aromatic heterocycles. The average Bonchev–Trinajstić information content (AvgIpc) is 2.53. The largest absolute Gasteiger partial charge is 0.506 e. The maximum atomic E-state index is 12.4. The van der Waals surface area contributed by atoms with E-state index >= 15 is 0 Å². The SMILES string of the molecule is COc1c(O)cc2c(c1O)C(=O)C(O)C(=C1C=CC(O)(O)C(O)=C1)O2. The Bertz CT molecular complexity index is 861. The summed E-state index contributed by atoms with van der Waals surface area (Å²) in [5.74, 6) is -6.42. The lowest BCUT2D eigenvalue weighted by Gasteiger charge is -2.27. The van der Waals surface area contributed by atoms with Gasteiger partial charge in [-0.15, -0.1) is 0 Å². The van der Waals surface area contributed by atoms with Gasteiger partial charge < -0.3 is 40.1 Å². The van der Waals surface area contributed by atoms with Crippen molar-refractivity contribution in [2.45, 2.75) is 11.9 Å². The van der Waals surface area contributed by atoms with Crippen molar-refractivity contribution in [3.8, 4) is 23.0 Å². The Morgan fingerprint density at radius 2 is 1.92 bits per heavy atom. The zero-order valence-corrected chi connectivity index (χ0v) is 12.8. The minimum Gasteiger partial charge on any atom is -0.506 e. The van der Waals surface area contributed by atoms with Gasteiger partial charge in [0.2, 0.25) is 17.3 Å². The van der Waals surface area contributed by atoms with Crippen LogP contribution in [-0.4, -0.2) is 55.4 Å². The Hall–Kier alpha value is -3.01. The Kier molecular flexibility index (Phi) is 3.72. The van der Waals surface area contributed by atoms with Gasteiger partial charge in [0.05, 0.1) is 7.11 Å². The van der Waals surface area contributed by atoms with E-state index in [0.29, 0.717) is 0 Å². The molecule has 3 rings (SSSR count). The van der Waals surface area contributed by atoms with Crippen LogP contribution in [0.25, 0.3) is 0 Å². The van der Waals surface area contributed by atoms with Gasteiger partial charge in [0.15, 0.2) is 23.4 Å². The minimum atomic E-state index is -2.57. The van der Waals surface area contributed by atoms with Gasteiger partial charge in [0, 0.05) is 11.6 Å². The van der Waals surface area contributed by atoms with E-state index in [0.717, 1.165) is 24.3 Å². The molecule has 0 saturated heterocycles. The summed E-state index contributed by atoms with van der Waals surface area (Å²) >= 11 is 0. The third kappa shape index (κ3) is 2.50. The zero-order chi connectivity index (χ0) is 18.5. The van der Waals surface area contributed by atoms with E-state index in [1.807, 2.05) is 0 Å². The highest BCUT2D eigenvalue weighted by Gasteiger charge is 2.39. The summed E-state index contributed by atoms with van der Waals surface area (Å²) in [6.07, 6.45) is 1.02. The van der Waals surface area contributed by atoms with E-state index in [-0.39, 0.29) is 28.4 Å². The number of allylic oxidation sites excluding steroid dienone is 3. The molecule has 1 unspecified atom stereocenters. The molecule has 132 valence electrons. The molecule has 1 aliphatic carbocycles. The fraction of sp³-hybridized carbons (Fsp3) is 0.188. The van der Waals surface area contributed by atoms with Crippen LogP contribution in [0.1, 0.15) is 10.4 Å². The van der Waals surface area contributed by atoms with E-state index in [1.165, 1.54) is 7.11 Å². The van der Waals surface area contributed by atoms with Crippen molar-refractivity contribution >= 4 is 5.78 Å². The molecule has 0 saturated carbocycles. The van der Waals surface area contributed by atoms with Crippen LogP contribution in [0, 0.1) is 0 Å². The second-order valence-electron chi connectivity index (χ2n) is 5.43. The summed E-state index contributed by atoms with van der Waals surface area (Å²) in [4.78, 5) is 12.4. The second kappa shape index (κ2) is 5.52. The number of Topliss-reactive ketones (excluding diaryl/α,β-unsaturated/α-hetero) is 1. The lowest BCUT2D eigenvalue weighted by Crippen LogP contribution is -2.34. The highest BCUT2D eigenvalue weighted by Crippen LogP contribution is 2.47. The molecule has 9 nitrogen and oxygen atoms in total. The summed E-state index contributed by atoms with van der Waals surface area (Å²) in [5.41, 5.74) is -0.379. The van der Waals surface area contributed by atoms with E-state index in [4.69, 9.17) is 9.47 Å². The van der Waals surface area contributed by atoms with Crippen molar-refractivity contribution < 1.29 is 44.9 Å². The van der Waals surface area contributed by atoms with Crippen LogP contribution < -0.4 is 9.47 Å². The molecule has 0 fully saturated rings. The first-order valence-electron chi connectivity index (χ1n) is 6.99. The summed E-state index contributed by atoms with van der Waals surface area (Å²) in [6, 6.07) is 1.02. The molecule has 0 spiro atoms. The van der Waals surface area contributed by atoms with Gasteiger partial charge in [-0.25, -0.2) is 0 Å². The number of rotatable bonds is 1. The fourth-order valence-electron chi connectivity index (χ4n) is 2.53. The van der Waals surface area contributed by atoms with Gasteiger partial charge in [0.25, 0.3) is 0 Å². The second-order valence-corrected chi connectivity index (χ2v) is 5.43. The number of aliphatic hydroxyl groups is 4. The Balaban J connectivity index is 2.16. The van der Waals surface area contributed by atoms with E-state index < -0.39 is 34.9 Å². The van der Waals surface area contributed by atoms with Crippen LogP contribution in [0.4, 0.5) is 0 Å². The van der Waals surface area contributed by atoms with Gasteiger partial charge in [-0.3, -0.25) is 4.79 Å². The van der Waals surface area contributed by atoms with Crippen molar-refractivity contribution in [3.05, 3.63) is 46.9 Å². The number of benzene rings is 1. The van der Waals surface area contributed by atoms with Crippen LogP contribution >= 0.6 is 0 Å². The molecule has 1 heterocycles. The van der Waals surface area contributed by atoms with E-state index in [1.54, 1.807) is 0 Å². The maximum Gasteiger partial charge on any atom is 0.243 e. The maximum absolute atomic E-state index is 12.4. The predicted octanol–water partition coefficient (Wildman–Crippen LogP) is -0.0109. The molecule has 6 N–H and O–H groups in total. The number of hydrogen-bond acceptors (Lipinski definition) is 9. The molecule has 0 amide bonds. The third-order valence-corrected chi connectivity index (χ3v) is 3.81. The number of fused-ring (bicyclic) bond motifs is 1. The Morgan fingerprint density at radius 1 is 1.24 bits per heavy atom. The van der Waals surface area contributed by atoms with Crippen molar-refractivity contribution in [3.63, 3.8) is 0 Å². The van der Waals surface area contributed by atoms with Crippen LogP contribution in [0.5, 0.6) is 23.0 Å². The number of aromatic hydroxyl groups is 2. The van der Waals surface area contributed by atoms with Crippen LogP contribution in [0.3, 0.4) is 0 Å². The lowest BCUT2D eigenvalue weighted by atomic mass is 9.94. The summed E-state index contributed by atoms with van der Waals surface area (Å²) < 4.78 is 10.2. The number of methoxy groups -OCH3 is 1. The van der Waals surface area contributed by atoms with Gasteiger partial charge in [-0.2, -0.15) is 0 Å². The quantitative estimate of drug-likeness (QED) is 0.383. The smallest absolute Gasteiger partial charge is 0.243 e. The summed E-state index contributed by atoms with van der Waals surface area (Å²) in [7, 11) is 1.18. The molecule has 2 aliphatic rings. The van der Waals surface area contributed by atoms with Crippen LogP contribution in [-0.2, 0) is 0 Å². The first kappa shape index (κ1) is 16.8. The number of hydrogen-bond donors (Lipinski definition) is 6. The first-order valence-corrected chi connectivity index (χ1v) is 6.99. The summed E-state index contributed by atoms with van der Waals surface area (Å²) in [5, 5.41) is 58.6. The van der Waals surface area contributed by atoms with Gasteiger partial charge in [0.1, 0.15) is 17.1 Å². The van der Waals surface area contributed by atoms with Crippen molar-refractivity contribution in [1.82, 2.24) is 0 Å². The number of phenols is 2. The lowest BCUT2D eigenvalue weighted by molar-refractivity contribution is -0.111. The average molecular weight is 350 g/mol. The summed E-state index contributed by atoms with van der Waals surface area (Å²) in [6.45, 7) is 0. The first-order chi connectivity index (χ1) is 11.7. The fourth-order valence-corrected chi connectivity index (χ4v) is 2.53. The Morgan fingerprint density at radius 3 is 2.52 bits per heavy atom. The van der Waals surface area contributed by atoms with Crippen molar-refractivity contribution in [2.75, 3.05) is 7.11 Å². The molecular weight excluding hydrogens is 336 g/mol. The van der Waals surface area contributed by atoms with E-state index in [9.17, 15) is 35.4 Å². The predicted molar refractivity (Wildman–Crippen MR) is 81.3 cm³/mol. The topological polar surface area (TPSA) is 157 Å². The van der Waals surface area contributed by atoms with E-state index in [2.05, 4.69) is 0 Å². The van der Waals surface area contributed by atoms with Crippen molar-refractivity contribution in [2.24, 2.45) is 0 Å². The zero-order valence-electron chi connectivity index (χ0n) is 12.8.